The third kappa shape index (κ3) is 4.27. The van der Waals surface area contributed by atoms with Crippen LogP contribution in [0.2, 0.25) is 0 Å². The number of morpholine rings is 2. The van der Waals surface area contributed by atoms with Gasteiger partial charge in [-0.15, -0.1) is 0 Å². The zero-order chi connectivity index (χ0) is 19.3. The Morgan fingerprint density at radius 3 is 2.21 bits per heavy atom. The van der Waals surface area contributed by atoms with E-state index in [0.29, 0.717) is 0 Å². The SMILES string of the molecule is CCc1c(CN2CCOCC2)nc(-c2ccc(N)cc2)nc1N1CCOCC1. The van der Waals surface area contributed by atoms with Crippen molar-refractivity contribution in [3.63, 3.8) is 0 Å². The summed E-state index contributed by atoms with van der Waals surface area (Å²) in [4.78, 5) is 14.8. The van der Waals surface area contributed by atoms with Crippen molar-refractivity contribution in [1.82, 2.24) is 14.9 Å². The second-order valence-corrected chi connectivity index (χ2v) is 7.26. The average molecular weight is 383 g/mol. The molecule has 1 aromatic heterocycles. The number of aromatic nitrogens is 2. The molecule has 0 radical (unpaired) electrons. The molecule has 150 valence electrons. The van der Waals surface area contributed by atoms with E-state index in [-0.39, 0.29) is 0 Å². The molecule has 7 nitrogen and oxygen atoms in total. The van der Waals surface area contributed by atoms with Crippen molar-refractivity contribution in [2.75, 3.05) is 63.2 Å². The molecule has 2 aliphatic rings. The quantitative estimate of drug-likeness (QED) is 0.791. The number of nitrogens with zero attached hydrogens (tertiary/aromatic N) is 4. The highest BCUT2D eigenvalue weighted by Crippen LogP contribution is 2.28. The maximum absolute atomic E-state index is 5.87. The first-order valence-corrected chi connectivity index (χ1v) is 10.1. The Labute approximate surface area is 166 Å². The first kappa shape index (κ1) is 19.1. The Morgan fingerprint density at radius 1 is 0.929 bits per heavy atom. The van der Waals surface area contributed by atoms with Crippen LogP contribution in [0.15, 0.2) is 24.3 Å². The molecule has 0 amide bonds. The lowest BCUT2D eigenvalue weighted by atomic mass is 10.1. The Balaban J connectivity index is 1.74. The van der Waals surface area contributed by atoms with Crippen molar-refractivity contribution in [3.8, 4) is 11.4 Å². The van der Waals surface area contributed by atoms with Crippen molar-refractivity contribution in [1.29, 1.82) is 0 Å². The fraction of sp³-hybridized carbons (Fsp3) is 0.524. The second-order valence-electron chi connectivity index (χ2n) is 7.26. The van der Waals surface area contributed by atoms with Crippen LogP contribution in [0, 0.1) is 0 Å². The van der Waals surface area contributed by atoms with Gasteiger partial charge in [-0.25, -0.2) is 9.97 Å². The van der Waals surface area contributed by atoms with Gasteiger partial charge in [-0.1, -0.05) is 6.92 Å². The van der Waals surface area contributed by atoms with Crippen LogP contribution in [-0.2, 0) is 22.4 Å². The zero-order valence-electron chi connectivity index (χ0n) is 16.6. The van der Waals surface area contributed by atoms with Gasteiger partial charge in [0, 0.05) is 49.5 Å². The number of nitrogen functional groups attached to an aromatic ring is 1. The fourth-order valence-electron chi connectivity index (χ4n) is 3.78. The van der Waals surface area contributed by atoms with E-state index >= 15 is 0 Å². The summed E-state index contributed by atoms with van der Waals surface area (Å²) in [6.07, 6.45) is 0.911. The summed E-state index contributed by atoms with van der Waals surface area (Å²) < 4.78 is 11.1. The summed E-state index contributed by atoms with van der Waals surface area (Å²) in [6, 6.07) is 7.81. The molecule has 2 aromatic rings. The highest BCUT2D eigenvalue weighted by molar-refractivity contribution is 5.63. The minimum atomic E-state index is 0.739. The third-order valence-electron chi connectivity index (χ3n) is 5.38. The van der Waals surface area contributed by atoms with E-state index in [1.165, 1.54) is 5.56 Å². The van der Waals surface area contributed by atoms with Gasteiger partial charge >= 0.3 is 0 Å². The summed E-state index contributed by atoms with van der Waals surface area (Å²) in [5, 5.41) is 0. The molecule has 0 unspecified atom stereocenters. The van der Waals surface area contributed by atoms with Gasteiger partial charge in [0.2, 0.25) is 0 Å². The second kappa shape index (κ2) is 8.86. The van der Waals surface area contributed by atoms with Gasteiger partial charge < -0.3 is 20.1 Å². The molecule has 4 rings (SSSR count). The van der Waals surface area contributed by atoms with Gasteiger partial charge in [0.15, 0.2) is 5.82 Å². The van der Waals surface area contributed by atoms with E-state index in [0.717, 1.165) is 94.2 Å². The topological polar surface area (TPSA) is 76.7 Å². The lowest BCUT2D eigenvalue weighted by Crippen LogP contribution is -2.39. The molecule has 2 fully saturated rings. The molecular weight excluding hydrogens is 354 g/mol. The molecule has 2 aliphatic heterocycles. The number of hydrogen-bond acceptors (Lipinski definition) is 7. The summed E-state index contributed by atoms with van der Waals surface area (Å²) in [7, 11) is 0. The minimum absolute atomic E-state index is 0.739. The van der Waals surface area contributed by atoms with E-state index in [1.807, 2.05) is 24.3 Å². The highest BCUT2D eigenvalue weighted by Gasteiger charge is 2.22. The molecule has 7 heteroatoms. The van der Waals surface area contributed by atoms with Crippen LogP contribution in [0.25, 0.3) is 11.4 Å². The molecule has 1 aromatic carbocycles. The number of hydrogen-bond donors (Lipinski definition) is 1. The first-order valence-electron chi connectivity index (χ1n) is 10.1. The van der Waals surface area contributed by atoms with Gasteiger partial charge in [0.25, 0.3) is 0 Å². The maximum atomic E-state index is 5.87. The van der Waals surface area contributed by atoms with Crippen LogP contribution in [0.4, 0.5) is 11.5 Å². The van der Waals surface area contributed by atoms with Crippen LogP contribution < -0.4 is 10.6 Å². The predicted octanol–water partition coefficient (Wildman–Crippen LogP) is 1.96. The smallest absolute Gasteiger partial charge is 0.161 e. The van der Waals surface area contributed by atoms with Gasteiger partial charge in [-0.2, -0.15) is 0 Å². The summed E-state index contributed by atoms with van der Waals surface area (Å²) >= 11 is 0. The Bertz CT molecular complexity index is 784. The van der Waals surface area contributed by atoms with E-state index in [4.69, 9.17) is 25.2 Å². The van der Waals surface area contributed by atoms with E-state index in [1.54, 1.807) is 0 Å². The van der Waals surface area contributed by atoms with Crippen LogP contribution in [0.5, 0.6) is 0 Å². The molecule has 0 aliphatic carbocycles. The zero-order valence-corrected chi connectivity index (χ0v) is 16.6. The van der Waals surface area contributed by atoms with Gasteiger partial charge in [0.05, 0.1) is 32.1 Å². The van der Waals surface area contributed by atoms with Crippen LogP contribution >= 0.6 is 0 Å². The fourth-order valence-corrected chi connectivity index (χ4v) is 3.78. The summed E-state index contributed by atoms with van der Waals surface area (Å²) in [5.41, 5.74) is 9.97. The van der Waals surface area contributed by atoms with E-state index < -0.39 is 0 Å². The van der Waals surface area contributed by atoms with Crippen molar-refractivity contribution in [2.45, 2.75) is 19.9 Å². The predicted molar refractivity (Wildman–Crippen MR) is 110 cm³/mol. The number of ether oxygens (including phenoxy) is 2. The molecule has 28 heavy (non-hydrogen) atoms. The van der Waals surface area contributed by atoms with Gasteiger partial charge in [-0.3, -0.25) is 4.90 Å². The molecule has 3 heterocycles. The number of benzene rings is 1. The molecule has 2 saturated heterocycles. The lowest BCUT2D eigenvalue weighted by molar-refractivity contribution is 0.0335. The number of anilines is 2. The van der Waals surface area contributed by atoms with Crippen molar-refractivity contribution < 1.29 is 9.47 Å². The normalized spacial score (nSPS) is 18.4. The number of nitrogens with two attached hydrogens (primary N) is 1. The van der Waals surface area contributed by atoms with Crippen molar-refractivity contribution >= 4 is 11.5 Å². The minimum Gasteiger partial charge on any atom is -0.399 e. The van der Waals surface area contributed by atoms with E-state index in [9.17, 15) is 0 Å². The summed E-state index contributed by atoms with van der Waals surface area (Å²) in [5.74, 6) is 1.82. The first-order chi connectivity index (χ1) is 13.7. The van der Waals surface area contributed by atoms with Crippen molar-refractivity contribution in [2.24, 2.45) is 0 Å². The van der Waals surface area contributed by atoms with Crippen LogP contribution in [-0.4, -0.2) is 67.5 Å². The largest absolute Gasteiger partial charge is 0.399 e. The Kier molecular flexibility index (Phi) is 6.04. The monoisotopic (exact) mass is 383 g/mol. The Hall–Kier alpha value is -2.22. The van der Waals surface area contributed by atoms with Gasteiger partial charge in [-0.05, 0) is 30.7 Å². The Morgan fingerprint density at radius 2 is 1.57 bits per heavy atom. The number of rotatable bonds is 5. The third-order valence-corrected chi connectivity index (χ3v) is 5.38. The average Bonchev–Trinajstić information content (AvgIpc) is 2.75. The maximum Gasteiger partial charge on any atom is 0.161 e. The standard InChI is InChI=1S/C21H29N5O2/c1-2-18-19(15-25-7-11-27-12-8-25)23-20(16-3-5-17(22)6-4-16)24-21(18)26-9-13-28-14-10-26/h3-6H,2,7-15,22H2,1H3. The molecule has 0 saturated carbocycles. The molecule has 0 atom stereocenters. The van der Waals surface area contributed by atoms with Crippen LogP contribution in [0.3, 0.4) is 0 Å². The van der Waals surface area contributed by atoms with Crippen LogP contribution in [0.1, 0.15) is 18.2 Å². The molecule has 0 spiro atoms. The van der Waals surface area contributed by atoms with Gasteiger partial charge in [0.1, 0.15) is 5.82 Å². The summed E-state index contributed by atoms with van der Waals surface area (Å²) in [6.45, 7) is 9.68. The highest BCUT2D eigenvalue weighted by atomic mass is 16.5. The molecule has 2 N–H and O–H groups in total. The molecular formula is C21H29N5O2. The lowest BCUT2D eigenvalue weighted by Gasteiger charge is -2.32. The molecule has 0 bridgehead atoms. The van der Waals surface area contributed by atoms with E-state index in [2.05, 4.69) is 16.7 Å². The van der Waals surface area contributed by atoms with Crippen molar-refractivity contribution in [3.05, 3.63) is 35.5 Å².